The Balaban J connectivity index is 2.16. The third kappa shape index (κ3) is 4.96. The fourth-order valence-electron chi connectivity index (χ4n) is 2.41. The number of nitrogens with one attached hydrogen (secondary N) is 2. The number of ether oxygens (including phenoxy) is 1. The first-order chi connectivity index (χ1) is 11.7. The molecule has 25 heavy (non-hydrogen) atoms. The lowest BCUT2D eigenvalue weighted by Crippen LogP contribution is -2.33. The molecule has 2 aromatic rings. The zero-order chi connectivity index (χ0) is 18.6. The average molecular weight is 362 g/mol. The second kappa shape index (κ2) is 7.57. The van der Waals surface area contributed by atoms with E-state index in [0.717, 1.165) is 11.1 Å². The van der Waals surface area contributed by atoms with Gasteiger partial charge in [0, 0.05) is 12.7 Å². The van der Waals surface area contributed by atoms with Crippen molar-refractivity contribution in [3.05, 3.63) is 53.6 Å². The van der Waals surface area contributed by atoms with Crippen molar-refractivity contribution >= 4 is 21.6 Å². The van der Waals surface area contributed by atoms with Crippen molar-refractivity contribution < 1.29 is 17.9 Å². The van der Waals surface area contributed by atoms with Crippen LogP contribution in [0.5, 0.6) is 5.75 Å². The Morgan fingerprint density at radius 2 is 1.60 bits per heavy atom. The van der Waals surface area contributed by atoms with Gasteiger partial charge in [-0.2, -0.15) is 0 Å². The van der Waals surface area contributed by atoms with Crippen LogP contribution in [0.3, 0.4) is 0 Å². The molecule has 2 N–H and O–H groups in total. The van der Waals surface area contributed by atoms with Crippen molar-refractivity contribution in [2.24, 2.45) is 0 Å². The van der Waals surface area contributed by atoms with Crippen LogP contribution in [0.25, 0.3) is 0 Å². The van der Waals surface area contributed by atoms with Crippen LogP contribution in [0.2, 0.25) is 0 Å². The van der Waals surface area contributed by atoms with Crippen LogP contribution >= 0.6 is 0 Å². The van der Waals surface area contributed by atoms with Gasteiger partial charge in [-0.15, -0.1) is 0 Å². The number of anilines is 1. The fourth-order valence-corrected chi connectivity index (χ4v) is 3.45. The summed E-state index contributed by atoms with van der Waals surface area (Å²) >= 11 is 0. The van der Waals surface area contributed by atoms with Crippen LogP contribution in [0.15, 0.2) is 47.4 Å². The molecule has 1 amide bonds. The lowest BCUT2D eigenvalue weighted by atomic mass is 10.1. The first-order valence-corrected chi connectivity index (χ1v) is 9.29. The van der Waals surface area contributed by atoms with E-state index in [2.05, 4.69) is 10.0 Å². The molecule has 0 radical (unpaired) electrons. The molecule has 0 aliphatic rings. The molecule has 6 nitrogen and oxygen atoms in total. The predicted molar refractivity (Wildman–Crippen MR) is 97.3 cm³/mol. The molecule has 134 valence electrons. The summed E-state index contributed by atoms with van der Waals surface area (Å²) in [5.74, 6) is 0.162. The third-order valence-electron chi connectivity index (χ3n) is 3.54. The largest absolute Gasteiger partial charge is 0.481 e. The molecule has 7 heteroatoms. The van der Waals surface area contributed by atoms with Gasteiger partial charge in [-0.3, -0.25) is 9.52 Å². The van der Waals surface area contributed by atoms with Gasteiger partial charge in [0.05, 0.1) is 4.90 Å². The Morgan fingerprint density at radius 1 is 1.04 bits per heavy atom. The first kappa shape index (κ1) is 18.8. The summed E-state index contributed by atoms with van der Waals surface area (Å²) < 4.78 is 33.0. The zero-order valence-corrected chi connectivity index (χ0v) is 15.5. The summed E-state index contributed by atoms with van der Waals surface area (Å²) in [6.07, 6.45) is -0.666. The molecule has 0 aliphatic heterocycles. The van der Waals surface area contributed by atoms with E-state index in [0.29, 0.717) is 11.4 Å². The lowest BCUT2D eigenvalue weighted by Gasteiger charge is -2.14. The van der Waals surface area contributed by atoms with Crippen LogP contribution in [0.4, 0.5) is 5.69 Å². The molecule has 0 unspecified atom stereocenters. The van der Waals surface area contributed by atoms with E-state index in [9.17, 15) is 13.2 Å². The first-order valence-electron chi connectivity index (χ1n) is 7.80. The quantitative estimate of drug-likeness (QED) is 0.827. The Labute approximate surface area is 148 Å². The minimum absolute atomic E-state index is 0.117. The number of amides is 1. The highest BCUT2D eigenvalue weighted by Crippen LogP contribution is 2.21. The van der Waals surface area contributed by atoms with Crippen LogP contribution in [0, 0.1) is 13.8 Å². The van der Waals surface area contributed by atoms with Crippen LogP contribution in [-0.4, -0.2) is 27.5 Å². The molecule has 1 atom stereocenters. The van der Waals surface area contributed by atoms with Crippen molar-refractivity contribution in [2.45, 2.75) is 31.8 Å². The highest BCUT2D eigenvalue weighted by molar-refractivity contribution is 7.92. The summed E-state index contributed by atoms with van der Waals surface area (Å²) in [6.45, 7) is 5.43. The Morgan fingerprint density at radius 3 is 2.12 bits per heavy atom. The number of hydrogen-bond donors (Lipinski definition) is 2. The highest BCUT2D eigenvalue weighted by Gasteiger charge is 2.16. The number of hydrogen-bond acceptors (Lipinski definition) is 4. The van der Waals surface area contributed by atoms with Crippen molar-refractivity contribution in [1.29, 1.82) is 0 Å². The SMILES string of the molecule is CNC(=O)[C@@H](C)Oc1ccc(S(=O)(=O)Nc2cc(C)cc(C)c2)cc1. The minimum atomic E-state index is -3.70. The van der Waals surface area contributed by atoms with E-state index in [-0.39, 0.29) is 10.8 Å². The number of rotatable bonds is 6. The van der Waals surface area contributed by atoms with E-state index >= 15 is 0 Å². The van der Waals surface area contributed by atoms with Gasteiger partial charge in [0.25, 0.3) is 15.9 Å². The molecule has 0 saturated heterocycles. The monoisotopic (exact) mass is 362 g/mol. The molecule has 2 rings (SSSR count). The molecule has 0 spiro atoms. The normalized spacial score (nSPS) is 12.3. The molecule has 0 aliphatic carbocycles. The maximum atomic E-state index is 12.5. The lowest BCUT2D eigenvalue weighted by molar-refractivity contribution is -0.126. The Bertz CT molecular complexity index is 841. The zero-order valence-electron chi connectivity index (χ0n) is 14.7. The van der Waals surface area contributed by atoms with Gasteiger partial charge in [0.2, 0.25) is 0 Å². The predicted octanol–water partition coefficient (Wildman–Crippen LogP) is 2.62. The second-order valence-electron chi connectivity index (χ2n) is 5.83. The van der Waals surface area contributed by atoms with Crippen molar-refractivity contribution in [3.63, 3.8) is 0 Å². The highest BCUT2D eigenvalue weighted by atomic mass is 32.2. The van der Waals surface area contributed by atoms with Crippen molar-refractivity contribution in [2.75, 3.05) is 11.8 Å². The second-order valence-corrected chi connectivity index (χ2v) is 7.51. The van der Waals surface area contributed by atoms with E-state index in [1.54, 1.807) is 19.1 Å². The molecule has 0 heterocycles. The third-order valence-corrected chi connectivity index (χ3v) is 4.93. The topological polar surface area (TPSA) is 84.5 Å². The average Bonchev–Trinajstić information content (AvgIpc) is 2.53. The van der Waals surface area contributed by atoms with Gasteiger partial charge < -0.3 is 10.1 Å². The van der Waals surface area contributed by atoms with Gasteiger partial charge >= 0.3 is 0 Å². The fraction of sp³-hybridized carbons (Fsp3) is 0.278. The molecule has 0 bridgehead atoms. The summed E-state index contributed by atoms with van der Waals surface area (Å²) in [4.78, 5) is 11.6. The van der Waals surface area contributed by atoms with Gasteiger partial charge in [-0.05, 0) is 68.3 Å². The summed E-state index contributed by atoms with van der Waals surface area (Å²) in [7, 11) is -2.17. The summed E-state index contributed by atoms with van der Waals surface area (Å²) in [5, 5.41) is 2.49. The Hall–Kier alpha value is -2.54. The molecular formula is C18H22N2O4S. The molecule has 0 aromatic heterocycles. The number of carbonyl (C=O) groups is 1. The van der Waals surface area contributed by atoms with Gasteiger partial charge in [0.15, 0.2) is 6.10 Å². The number of carbonyl (C=O) groups excluding carboxylic acids is 1. The van der Waals surface area contributed by atoms with Crippen LogP contribution < -0.4 is 14.8 Å². The molecular weight excluding hydrogens is 340 g/mol. The number of sulfonamides is 1. The van der Waals surface area contributed by atoms with E-state index in [1.807, 2.05) is 19.9 Å². The van der Waals surface area contributed by atoms with Gasteiger partial charge in [-0.25, -0.2) is 8.42 Å². The van der Waals surface area contributed by atoms with Crippen LogP contribution in [-0.2, 0) is 14.8 Å². The van der Waals surface area contributed by atoms with Crippen molar-refractivity contribution in [1.82, 2.24) is 5.32 Å². The number of aryl methyl sites for hydroxylation is 2. The van der Waals surface area contributed by atoms with Crippen LogP contribution in [0.1, 0.15) is 18.1 Å². The number of benzene rings is 2. The standard InChI is InChI=1S/C18H22N2O4S/c1-12-9-13(2)11-15(10-12)20-25(22,23)17-7-5-16(6-8-17)24-14(3)18(21)19-4/h5-11,14,20H,1-4H3,(H,19,21)/t14-/m1/s1. The molecule has 0 saturated carbocycles. The number of likely N-dealkylation sites (N-methyl/N-ethyl adjacent to an activating group) is 1. The van der Waals surface area contributed by atoms with E-state index in [1.165, 1.54) is 31.3 Å². The summed E-state index contributed by atoms with van der Waals surface area (Å²) in [5.41, 5.74) is 2.47. The minimum Gasteiger partial charge on any atom is -0.481 e. The summed E-state index contributed by atoms with van der Waals surface area (Å²) in [6, 6.07) is 11.4. The van der Waals surface area contributed by atoms with Gasteiger partial charge in [0.1, 0.15) is 5.75 Å². The Kier molecular flexibility index (Phi) is 5.69. The van der Waals surface area contributed by atoms with E-state index in [4.69, 9.17) is 4.74 Å². The van der Waals surface area contributed by atoms with Gasteiger partial charge in [-0.1, -0.05) is 6.07 Å². The maximum Gasteiger partial charge on any atom is 0.261 e. The molecule has 2 aromatic carbocycles. The van der Waals surface area contributed by atoms with Crippen molar-refractivity contribution in [3.8, 4) is 5.75 Å². The van der Waals surface area contributed by atoms with E-state index < -0.39 is 16.1 Å². The molecule has 0 fully saturated rings. The smallest absolute Gasteiger partial charge is 0.261 e. The maximum absolute atomic E-state index is 12.5.